The van der Waals surface area contributed by atoms with Crippen molar-refractivity contribution < 1.29 is 9.53 Å². The molecule has 2 amide bonds. The second-order valence-electron chi connectivity index (χ2n) is 4.30. The Morgan fingerprint density at radius 1 is 1.14 bits per heavy atom. The van der Waals surface area contributed by atoms with Gasteiger partial charge in [-0.05, 0) is 24.3 Å². The summed E-state index contributed by atoms with van der Waals surface area (Å²) in [6.07, 6.45) is 0. The molecule has 0 spiro atoms. The molecule has 0 aliphatic rings. The van der Waals surface area contributed by atoms with E-state index in [0.717, 1.165) is 10.2 Å². The summed E-state index contributed by atoms with van der Waals surface area (Å²) in [5, 5.41) is 6.05. The third-order valence-corrected chi connectivity index (χ3v) is 3.79. The van der Waals surface area contributed by atoms with Gasteiger partial charge in [0, 0.05) is 11.8 Å². The van der Waals surface area contributed by atoms with Gasteiger partial charge in [-0.2, -0.15) is 0 Å². The second-order valence-corrected chi connectivity index (χ2v) is 5.33. The lowest BCUT2D eigenvalue weighted by Crippen LogP contribution is -2.19. The predicted molar refractivity (Wildman–Crippen MR) is 85.3 cm³/mol. The van der Waals surface area contributed by atoms with E-state index in [1.807, 2.05) is 36.4 Å². The van der Waals surface area contributed by atoms with Crippen LogP contribution >= 0.6 is 11.3 Å². The minimum atomic E-state index is -0.331. The largest absolute Gasteiger partial charge is 0.497 e. The predicted octanol–water partition coefficient (Wildman–Crippen LogP) is 3.95. The maximum absolute atomic E-state index is 12.0. The van der Waals surface area contributed by atoms with E-state index in [1.165, 1.54) is 11.3 Å². The number of urea groups is 1. The van der Waals surface area contributed by atoms with Crippen molar-refractivity contribution in [3.63, 3.8) is 0 Å². The molecule has 0 saturated heterocycles. The Balaban J connectivity index is 1.70. The number of benzene rings is 2. The molecular formula is C15H13N3O2S. The summed E-state index contributed by atoms with van der Waals surface area (Å²) in [7, 11) is 1.58. The SMILES string of the molecule is COc1cccc(NC(=O)Nc2nc3ccccc3s2)c1. The van der Waals surface area contributed by atoms with Gasteiger partial charge in [0.2, 0.25) is 0 Å². The molecule has 0 radical (unpaired) electrons. The molecule has 0 bridgehead atoms. The van der Waals surface area contributed by atoms with E-state index >= 15 is 0 Å². The van der Waals surface area contributed by atoms with Gasteiger partial charge < -0.3 is 10.1 Å². The molecule has 0 aliphatic carbocycles. The summed E-state index contributed by atoms with van der Waals surface area (Å²) in [5.74, 6) is 0.688. The topological polar surface area (TPSA) is 63.2 Å². The number of amides is 2. The number of thiazole rings is 1. The molecule has 1 heterocycles. The van der Waals surface area contributed by atoms with Crippen LogP contribution in [0.5, 0.6) is 5.75 Å². The van der Waals surface area contributed by atoms with Gasteiger partial charge >= 0.3 is 6.03 Å². The maximum atomic E-state index is 12.0. The van der Waals surface area contributed by atoms with E-state index in [0.29, 0.717) is 16.6 Å². The average molecular weight is 299 g/mol. The summed E-state index contributed by atoms with van der Waals surface area (Å²) >= 11 is 1.44. The van der Waals surface area contributed by atoms with E-state index in [1.54, 1.807) is 19.2 Å². The van der Waals surface area contributed by atoms with Crippen LogP contribution < -0.4 is 15.4 Å². The summed E-state index contributed by atoms with van der Waals surface area (Å²) in [6.45, 7) is 0. The third kappa shape index (κ3) is 3.11. The minimum Gasteiger partial charge on any atom is -0.497 e. The lowest BCUT2D eigenvalue weighted by Gasteiger charge is -2.06. The fourth-order valence-electron chi connectivity index (χ4n) is 1.89. The molecule has 6 heteroatoms. The Bertz CT molecular complexity index is 752. The van der Waals surface area contributed by atoms with Crippen LogP contribution in [0.1, 0.15) is 0 Å². The first-order chi connectivity index (χ1) is 10.2. The minimum absolute atomic E-state index is 0.331. The quantitative estimate of drug-likeness (QED) is 0.769. The zero-order valence-electron chi connectivity index (χ0n) is 11.3. The molecule has 106 valence electrons. The molecule has 0 unspecified atom stereocenters. The number of rotatable bonds is 3. The van der Waals surface area contributed by atoms with E-state index in [4.69, 9.17) is 4.74 Å². The van der Waals surface area contributed by atoms with Gasteiger partial charge in [-0.3, -0.25) is 5.32 Å². The summed E-state index contributed by atoms with van der Waals surface area (Å²) in [4.78, 5) is 16.3. The highest BCUT2D eigenvalue weighted by Gasteiger charge is 2.07. The zero-order chi connectivity index (χ0) is 14.7. The van der Waals surface area contributed by atoms with Crippen LogP contribution in [0.2, 0.25) is 0 Å². The molecule has 0 aliphatic heterocycles. The Morgan fingerprint density at radius 2 is 2.00 bits per heavy atom. The molecule has 1 aromatic heterocycles. The van der Waals surface area contributed by atoms with Crippen molar-refractivity contribution >= 4 is 38.4 Å². The van der Waals surface area contributed by atoms with Crippen LogP contribution in [-0.4, -0.2) is 18.1 Å². The number of aromatic nitrogens is 1. The summed E-state index contributed by atoms with van der Waals surface area (Å²) in [5.41, 5.74) is 1.53. The van der Waals surface area contributed by atoms with Crippen molar-refractivity contribution in [3.05, 3.63) is 48.5 Å². The average Bonchev–Trinajstić information content (AvgIpc) is 2.89. The van der Waals surface area contributed by atoms with Crippen LogP contribution in [-0.2, 0) is 0 Å². The van der Waals surface area contributed by atoms with Crippen LogP contribution in [0, 0.1) is 0 Å². The zero-order valence-corrected chi connectivity index (χ0v) is 12.1. The summed E-state index contributed by atoms with van der Waals surface area (Å²) in [6, 6.07) is 14.6. The van der Waals surface area contributed by atoms with Crippen LogP contribution in [0.25, 0.3) is 10.2 Å². The molecule has 21 heavy (non-hydrogen) atoms. The fraction of sp³-hybridized carbons (Fsp3) is 0.0667. The molecule has 2 N–H and O–H groups in total. The smallest absolute Gasteiger partial charge is 0.325 e. The Hall–Kier alpha value is -2.60. The van der Waals surface area contributed by atoms with Crippen LogP contribution in [0.15, 0.2) is 48.5 Å². The Morgan fingerprint density at radius 3 is 2.81 bits per heavy atom. The lowest BCUT2D eigenvalue weighted by molar-refractivity contribution is 0.262. The van der Waals surface area contributed by atoms with Gasteiger partial charge in [-0.1, -0.05) is 29.5 Å². The maximum Gasteiger partial charge on any atom is 0.325 e. The Labute approximate surface area is 125 Å². The van der Waals surface area contributed by atoms with E-state index in [9.17, 15) is 4.79 Å². The number of ether oxygens (including phenoxy) is 1. The molecular weight excluding hydrogens is 286 g/mol. The number of carbonyl (C=O) groups is 1. The molecule has 2 aromatic carbocycles. The van der Waals surface area contributed by atoms with Gasteiger partial charge in [-0.25, -0.2) is 9.78 Å². The number of anilines is 2. The van der Waals surface area contributed by atoms with Crippen molar-refractivity contribution in [3.8, 4) is 5.75 Å². The standard InChI is InChI=1S/C15H13N3O2S/c1-20-11-6-4-5-10(9-11)16-14(19)18-15-17-12-7-2-3-8-13(12)21-15/h2-9H,1H3,(H2,16,17,18,19). The molecule has 0 fully saturated rings. The normalized spacial score (nSPS) is 10.3. The van der Waals surface area contributed by atoms with Crippen LogP contribution in [0.3, 0.4) is 0 Å². The highest BCUT2D eigenvalue weighted by molar-refractivity contribution is 7.22. The summed E-state index contributed by atoms with van der Waals surface area (Å²) < 4.78 is 6.15. The first kappa shape index (κ1) is 13.4. The number of nitrogens with zero attached hydrogens (tertiary/aromatic N) is 1. The molecule has 3 aromatic rings. The third-order valence-electron chi connectivity index (χ3n) is 2.84. The molecule has 0 atom stereocenters. The van der Waals surface area contributed by atoms with Crippen molar-refractivity contribution in [2.24, 2.45) is 0 Å². The monoisotopic (exact) mass is 299 g/mol. The second kappa shape index (κ2) is 5.80. The Kier molecular flexibility index (Phi) is 3.70. The van der Waals surface area contributed by atoms with Gasteiger partial charge in [-0.15, -0.1) is 0 Å². The van der Waals surface area contributed by atoms with Crippen molar-refractivity contribution in [1.82, 2.24) is 4.98 Å². The number of fused-ring (bicyclic) bond motifs is 1. The number of hydrogen-bond acceptors (Lipinski definition) is 4. The molecule has 3 rings (SSSR count). The first-order valence-electron chi connectivity index (χ1n) is 6.32. The number of hydrogen-bond donors (Lipinski definition) is 2. The highest BCUT2D eigenvalue weighted by Crippen LogP contribution is 2.25. The van der Waals surface area contributed by atoms with E-state index in [-0.39, 0.29) is 6.03 Å². The number of carbonyl (C=O) groups excluding carboxylic acids is 1. The van der Waals surface area contributed by atoms with Crippen LogP contribution in [0.4, 0.5) is 15.6 Å². The number of para-hydroxylation sites is 1. The first-order valence-corrected chi connectivity index (χ1v) is 7.14. The van der Waals surface area contributed by atoms with Gasteiger partial charge in [0.15, 0.2) is 5.13 Å². The van der Waals surface area contributed by atoms with Gasteiger partial charge in [0.1, 0.15) is 5.75 Å². The highest BCUT2D eigenvalue weighted by atomic mass is 32.1. The lowest BCUT2D eigenvalue weighted by atomic mass is 10.3. The van der Waals surface area contributed by atoms with E-state index < -0.39 is 0 Å². The van der Waals surface area contributed by atoms with Gasteiger partial charge in [0.25, 0.3) is 0 Å². The fourth-order valence-corrected chi connectivity index (χ4v) is 2.75. The van der Waals surface area contributed by atoms with Gasteiger partial charge in [0.05, 0.1) is 17.3 Å². The molecule has 5 nitrogen and oxygen atoms in total. The number of nitrogens with one attached hydrogen (secondary N) is 2. The van der Waals surface area contributed by atoms with Crippen molar-refractivity contribution in [1.29, 1.82) is 0 Å². The van der Waals surface area contributed by atoms with E-state index in [2.05, 4.69) is 15.6 Å². The van der Waals surface area contributed by atoms with Crippen molar-refractivity contribution in [2.75, 3.05) is 17.7 Å². The molecule has 0 saturated carbocycles. The number of methoxy groups -OCH3 is 1. The van der Waals surface area contributed by atoms with Crippen molar-refractivity contribution in [2.45, 2.75) is 0 Å².